The standard InChI is InChI=1S/C19H20N2O/c1-3-8-17-18(15-10-5-4-6-11-15)19(22)21(20-17)16-12-7-9-14(2)13-16/h4-7,9-13,22H,3,8H2,1-2H3. The molecule has 1 aromatic heterocycles. The first kappa shape index (κ1) is 14.4. The molecule has 0 bridgehead atoms. The molecule has 1 N–H and O–H groups in total. The largest absolute Gasteiger partial charge is 0.493 e. The zero-order valence-electron chi connectivity index (χ0n) is 13.0. The fraction of sp³-hybridized carbons (Fsp3) is 0.211. The van der Waals surface area contributed by atoms with Gasteiger partial charge in [0.2, 0.25) is 5.88 Å². The molecule has 112 valence electrons. The van der Waals surface area contributed by atoms with Crippen molar-refractivity contribution in [2.75, 3.05) is 0 Å². The van der Waals surface area contributed by atoms with E-state index in [1.54, 1.807) is 4.68 Å². The second-order valence-corrected chi connectivity index (χ2v) is 5.51. The summed E-state index contributed by atoms with van der Waals surface area (Å²) in [5.74, 6) is 0.209. The number of benzene rings is 2. The first-order chi connectivity index (χ1) is 10.7. The average Bonchev–Trinajstić information content (AvgIpc) is 2.85. The number of nitrogens with zero attached hydrogens (tertiary/aromatic N) is 2. The lowest BCUT2D eigenvalue weighted by Gasteiger charge is -2.05. The van der Waals surface area contributed by atoms with E-state index >= 15 is 0 Å². The molecule has 0 amide bonds. The summed E-state index contributed by atoms with van der Waals surface area (Å²) in [5.41, 5.74) is 4.81. The van der Waals surface area contributed by atoms with E-state index in [1.165, 1.54) is 0 Å². The van der Waals surface area contributed by atoms with Crippen LogP contribution in [-0.4, -0.2) is 14.9 Å². The monoisotopic (exact) mass is 292 g/mol. The highest BCUT2D eigenvalue weighted by molar-refractivity contribution is 5.72. The molecule has 0 unspecified atom stereocenters. The third-order valence-corrected chi connectivity index (χ3v) is 3.73. The van der Waals surface area contributed by atoms with Gasteiger partial charge in [0.1, 0.15) is 0 Å². The molecule has 0 aliphatic heterocycles. The third kappa shape index (κ3) is 2.62. The Morgan fingerprint density at radius 3 is 2.50 bits per heavy atom. The average molecular weight is 292 g/mol. The van der Waals surface area contributed by atoms with Crippen LogP contribution in [0.2, 0.25) is 0 Å². The fourth-order valence-electron chi connectivity index (χ4n) is 2.71. The van der Waals surface area contributed by atoms with Crippen molar-refractivity contribution in [1.29, 1.82) is 0 Å². The van der Waals surface area contributed by atoms with Crippen LogP contribution in [0.25, 0.3) is 16.8 Å². The Labute approximate surface area is 130 Å². The van der Waals surface area contributed by atoms with Crippen molar-refractivity contribution in [3.05, 3.63) is 65.9 Å². The topological polar surface area (TPSA) is 38.0 Å². The van der Waals surface area contributed by atoms with E-state index in [4.69, 9.17) is 0 Å². The number of hydrogen-bond donors (Lipinski definition) is 1. The number of hydrogen-bond acceptors (Lipinski definition) is 2. The van der Waals surface area contributed by atoms with Gasteiger partial charge in [-0.1, -0.05) is 55.8 Å². The lowest BCUT2D eigenvalue weighted by Crippen LogP contribution is -1.97. The summed E-state index contributed by atoms with van der Waals surface area (Å²) in [6, 6.07) is 18.0. The van der Waals surface area contributed by atoms with Crippen LogP contribution >= 0.6 is 0 Å². The van der Waals surface area contributed by atoms with Gasteiger partial charge in [0, 0.05) is 0 Å². The zero-order valence-corrected chi connectivity index (χ0v) is 13.0. The number of aryl methyl sites for hydroxylation is 2. The quantitative estimate of drug-likeness (QED) is 0.768. The molecule has 0 radical (unpaired) electrons. The van der Waals surface area contributed by atoms with Crippen molar-refractivity contribution in [3.63, 3.8) is 0 Å². The van der Waals surface area contributed by atoms with Crippen molar-refractivity contribution in [2.45, 2.75) is 26.7 Å². The van der Waals surface area contributed by atoms with E-state index in [-0.39, 0.29) is 5.88 Å². The second-order valence-electron chi connectivity index (χ2n) is 5.51. The van der Waals surface area contributed by atoms with Crippen molar-refractivity contribution in [2.24, 2.45) is 0 Å². The molecule has 3 aromatic rings. The molecular formula is C19H20N2O. The predicted octanol–water partition coefficient (Wildman–Crippen LogP) is 4.51. The van der Waals surface area contributed by atoms with E-state index in [1.807, 2.05) is 61.5 Å². The van der Waals surface area contributed by atoms with Crippen LogP contribution in [0.15, 0.2) is 54.6 Å². The molecule has 3 rings (SSSR count). The van der Waals surface area contributed by atoms with Gasteiger partial charge in [0.15, 0.2) is 0 Å². The minimum absolute atomic E-state index is 0.209. The van der Waals surface area contributed by atoms with Gasteiger partial charge in [0.05, 0.1) is 16.9 Å². The van der Waals surface area contributed by atoms with E-state index in [9.17, 15) is 5.11 Å². The van der Waals surface area contributed by atoms with E-state index in [0.717, 1.165) is 40.9 Å². The second kappa shape index (κ2) is 6.06. The smallest absolute Gasteiger partial charge is 0.222 e. The summed E-state index contributed by atoms with van der Waals surface area (Å²) >= 11 is 0. The Balaban J connectivity index is 2.18. The van der Waals surface area contributed by atoms with Gasteiger partial charge in [0.25, 0.3) is 0 Å². The zero-order chi connectivity index (χ0) is 15.5. The normalized spacial score (nSPS) is 10.8. The van der Waals surface area contributed by atoms with E-state index < -0.39 is 0 Å². The van der Waals surface area contributed by atoms with Gasteiger partial charge in [-0.25, -0.2) is 4.68 Å². The van der Waals surface area contributed by atoms with Gasteiger partial charge in [-0.2, -0.15) is 5.10 Å². The summed E-state index contributed by atoms with van der Waals surface area (Å²) in [6.45, 7) is 4.16. The van der Waals surface area contributed by atoms with Crippen LogP contribution in [0.3, 0.4) is 0 Å². The molecule has 0 atom stereocenters. The Kier molecular flexibility index (Phi) is 3.96. The maximum absolute atomic E-state index is 10.7. The first-order valence-corrected chi connectivity index (χ1v) is 7.64. The molecule has 3 heteroatoms. The highest BCUT2D eigenvalue weighted by Crippen LogP contribution is 2.35. The van der Waals surface area contributed by atoms with Crippen LogP contribution < -0.4 is 0 Å². The molecule has 22 heavy (non-hydrogen) atoms. The molecule has 1 heterocycles. The molecule has 2 aromatic carbocycles. The van der Waals surface area contributed by atoms with Crippen molar-refractivity contribution in [1.82, 2.24) is 9.78 Å². The van der Waals surface area contributed by atoms with E-state index in [0.29, 0.717) is 0 Å². The van der Waals surface area contributed by atoms with Crippen molar-refractivity contribution < 1.29 is 5.11 Å². The SMILES string of the molecule is CCCc1nn(-c2cccc(C)c2)c(O)c1-c1ccccc1. The number of aromatic hydroxyl groups is 1. The van der Waals surface area contributed by atoms with Gasteiger partial charge in [-0.15, -0.1) is 0 Å². The van der Waals surface area contributed by atoms with Gasteiger partial charge >= 0.3 is 0 Å². The maximum atomic E-state index is 10.7. The highest BCUT2D eigenvalue weighted by Gasteiger charge is 2.19. The molecular weight excluding hydrogens is 272 g/mol. The number of rotatable bonds is 4. The van der Waals surface area contributed by atoms with Crippen molar-refractivity contribution in [3.8, 4) is 22.7 Å². The van der Waals surface area contributed by atoms with Crippen LogP contribution in [0.4, 0.5) is 0 Å². The maximum Gasteiger partial charge on any atom is 0.222 e. The van der Waals surface area contributed by atoms with Crippen molar-refractivity contribution >= 4 is 0 Å². The highest BCUT2D eigenvalue weighted by atomic mass is 16.3. The molecule has 0 fully saturated rings. The minimum Gasteiger partial charge on any atom is -0.493 e. The van der Waals surface area contributed by atoms with Gasteiger partial charge < -0.3 is 5.11 Å². The van der Waals surface area contributed by atoms with Gasteiger partial charge in [-0.05, 0) is 36.6 Å². The number of aromatic nitrogens is 2. The molecule has 0 saturated carbocycles. The summed E-state index contributed by atoms with van der Waals surface area (Å²) in [4.78, 5) is 0. The molecule has 3 nitrogen and oxygen atoms in total. The Morgan fingerprint density at radius 2 is 1.82 bits per heavy atom. The Morgan fingerprint density at radius 1 is 1.05 bits per heavy atom. The third-order valence-electron chi connectivity index (χ3n) is 3.73. The lowest BCUT2D eigenvalue weighted by molar-refractivity contribution is 0.435. The summed E-state index contributed by atoms with van der Waals surface area (Å²) in [5, 5.41) is 15.4. The summed E-state index contributed by atoms with van der Waals surface area (Å²) in [6.07, 6.45) is 1.83. The minimum atomic E-state index is 0.209. The Bertz CT molecular complexity index is 775. The molecule has 0 aliphatic rings. The van der Waals surface area contributed by atoms with E-state index in [2.05, 4.69) is 12.0 Å². The van der Waals surface area contributed by atoms with Crippen LogP contribution in [0.5, 0.6) is 5.88 Å². The van der Waals surface area contributed by atoms with Crippen LogP contribution in [0.1, 0.15) is 24.6 Å². The molecule has 0 saturated heterocycles. The molecule has 0 aliphatic carbocycles. The first-order valence-electron chi connectivity index (χ1n) is 7.64. The predicted molar refractivity (Wildman–Crippen MR) is 89.4 cm³/mol. The van der Waals surface area contributed by atoms with Gasteiger partial charge in [-0.3, -0.25) is 0 Å². The van der Waals surface area contributed by atoms with Crippen LogP contribution in [-0.2, 0) is 6.42 Å². The summed E-state index contributed by atoms with van der Waals surface area (Å²) in [7, 11) is 0. The lowest BCUT2D eigenvalue weighted by atomic mass is 10.0. The summed E-state index contributed by atoms with van der Waals surface area (Å²) < 4.78 is 1.64. The Hall–Kier alpha value is -2.55. The fourth-order valence-corrected chi connectivity index (χ4v) is 2.71. The van der Waals surface area contributed by atoms with Crippen LogP contribution in [0, 0.1) is 6.92 Å². The molecule has 0 spiro atoms.